The maximum Gasteiger partial charge on any atom is 0.262 e. The smallest absolute Gasteiger partial charge is 0.262 e. The Kier molecular flexibility index (Phi) is 6.57. The van der Waals surface area contributed by atoms with Gasteiger partial charge in [0.15, 0.2) is 0 Å². The van der Waals surface area contributed by atoms with Crippen molar-refractivity contribution in [1.29, 1.82) is 0 Å². The van der Waals surface area contributed by atoms with Crippen molar-refractivity contribution in [1.82, 2.24) is 10.9 Å². The lowest BCUT2D eigenvalue weighted by atomic mass is 10.1. The van der Waals surface area contributed by atoms with E-state index in [1.165, 1.54) is 6.08 Å². The van der Waals surface area contributed by atoms with Gasteiger partial charge in [0.2, 0.25) is 5.91 Å². The molecule has 0 aliphatic heterocycles. The normalized spacial score (nSPS) is 10.4. The van der Waals surface area contributed by atoms with Crippen LogP contribution in [0.4, 0.5) is 0 Å². The van der Waals surface area contributed by atoms with E-state index in [1.807, 2.05) is 42.5 Å². The third-order valence-corrected chi connectivity index (χ3v) is 3.63. The van der Waals surface area contributed by atoms with E-state index in [0.29, 0.717) is 5.75 Å². The van der Waals surface area contributed by atoms with E-state index in [2.05, 4.69) is 26.8 Å². The number of rotatable bonds is 5. The van der Waals surface area contributed by atoms with Crippen LogP contribution in [0, 0.1) is 0 Å². The lowest BCUT2D eigenvalue weighted by Crippen LogP contribution is -2.41. The van der Waals surface area contributed by atoms with Crippen LogP contribution in [0.25, 0.3) is 6.08 Å². The molecule has 2 aromatic carbocycles. The first-order valence-corrected chi connectivity index (χ1v) is 8.02. The molecule has 2 rings (SSSR count). The molecule has 0 bridgehead atoms. The zero-order valence-corrected chi connectivity index (χ0v) is 14.7. The summed E-state index contributed by atoms with van der Waals surface area (Å²) in [5, 5.41) is 0. The van der Waals surface area contributed by atoms with Crippen molar-refractivity contribution in [2.24, 2.45) is 0 Å². The van der Waals surface area contributed by atoms with Crippen LogP contribution >= 0.6 is 15.9 Å². The van der Waals surface area contributed by atoms with Gasteiger partial charge in [0, 0.05) is 16.1 Å². The molecule has 6 heteroatoms. The topological polar surface area (TPSA) is 67.4 Å². The van der Waals surface area contributed by atoms with E-state index in [4.69, 9.17) is 4.74 Å². The van der Waals surface area contributed by atoms with Crippen molar-refractivity contribution in [3.05, 3.63) is 70.2 Å². The van der Waals surface area contributed by atoms with E-state index < -0.39 is 5.91 Å². The Balaban J connectivity index is 1.87. The van der Waals surface area contributed by atoms with E-state index in [9.17, 15) is 9.59 Å². The summed E-state index contributed by atoms with van der Waals surface area (Å²) in [5.74, 6) is -0.0724. The SMILES string of the molecule is COc1ccc(Br)cc1/C=C/C(=O)NNC(=O)Cc1ccccc1. The number of hydrogen-bond acceptors (Lipinski definition) is 3. The number of hydrazine groups is 1. The Morgan fingerprint density at radius 2 is 1.88 bits per heavy atom. The van der Waals surface area contributed by atoms with Gasteiger partial charge in [0.05, 0.1) is 13.5 Å². The number of ether oxygens (including phenoxy) is 1. The van der Waals surface area contributed by atoms with Gasteiger partial charge in [-0.2, -0.15) is 0 Å². The highest BCUT2D eigenvalue weighted by Gasteiger charge is 2.05. The highest BCUT2D eigenvalue weighted by molar-refractivity contribution is 9.10. The fraction of sp³-hybridized carbons (Fsp3) is 0.111. The molecule has 0 radical (unpaired) electrons. The molecule has 124 valence electrons. The van der Waals surface area contributed by atoms with Crippen LogP contribution in [-0.2, 0) is 16.0 Å². The minimum atomic E-state index is -0.432. The van der Waals surface area contributed by atoms with Crippen LogP contribution in [0.2, 0.25) is 0 Å². The third-order valence-electron chi connectivity index (χ3n) is 3.14. The van der Waals surface area contributed by atoms with Gasteiger partial charge in [0.25, 0.3) is 5.91 Å². The van der Waals surface area contributed by atoms with Crippen molar-refractivity contribution in [3.63, 3.8) is 0 Å². The predicted molar refractivity (Wildman–Crippen MR) is 96.2 cm³/mol. The van der Waals surface area contributed by atoms with Crippen molar-refractivity contribution in [2.75, 3.05) is 7.11 Å². The van der Waals surface area contributed by atoms with Gasteiger partial charge in [0.1, 0.15) is 5.75 Å². The first-order chi connectivity index (χ1) is 11.6. The number of halogens is 1. The summed E-state index contributed by atoms with van der Waals surface area (Å²) in [4.78, 5) is 23.6. The predicted octanol–water partition coefficient (Wildman–Crippen LogP) is 2.86. The zero-order chi connectivity index (χ0) is 17.4. The van der Waals surface area contributed by atoms with E-state index in [0.717, 1.165) is 15.6 Å². The maximum atomic E-state index is 11.8. The van der Waals surface area contributed by atoms with Gasteiger partial charge in [-0.15, -0.1) is 0 Å². The molecule has 24 heavy (non-hydrogen) atoms. The number of benzene rings is 2. The van der Waals surface area contributed by atoms with Crippen LogP contribution in [-0.4, -0.2) is 18.9 Å². The van der Waals surface area contributed by atoms with E-state index in [-0.39, 0.29) is 12.3 Å². The van der Waals surface area contributed by atoms with Crippen LogP contribution < -0.4 is 15.6 Å². The average Bonchev–Trinajstić information content (AvgIpc) is 2.59. The molecule has 2 amide bonds. The summed E-state index contributed by atoms with van der Waals surface area (Å²) in [7, 11) is 1.56. The van der Waals surface area contributed by atoms with Crippen LogP contribution in [0.5, 0.6) is 5.75 Å². The van der Waals surface area contributed by atoms with Gasteiger partial charge in [-0.1, -0.05) is 46.3 Å². The van der Waals surface area contributed by atoms with Crippen LogP contribution in [0.15, 0.2) is 59.1 Å². The van der Waals surface area contributed by atoms with Crippen molar-refractivity contribution < 1.29 is 14.3 Å². The number of hydrogen-bond donors (Lipinski definition) is 2. The van der Waals surface area contributed by atoms with Crippen LogP contribution in [0.1, 0.15) is 11.1 Å². The van der Waals surface area contributed by atoms with Gasteiger partial charge in [-0.25, -0.2) is 0 Å². The lowest BCUT2D eigenvalue weighted by molar-refractivity contribution is -0.126. The third kappa shape index (κ3) is 5.55. The number of methoxy groups -OCH3 is 1. The van der Waals surface area contributed by atoms with Crippen molar-refractivity contribution in [3.8, 4) is 5.75 Å². The standard InChI is InChI=1S/C18H17BrN2O3/c1-24-16-9-8-15(19)12-14(16)7-10-17(22)20-21-18(23)11-13-5-3-2-4-6-13/h2-10,12H,11H2,1H3,(H,20,22)(H,21,23)/b10-7+. The summed E-state index contributed by atoms with van der Waals surface area (Å²) in [6.07, 6.45) is 3.14. The first kappa shape index (κ1) is 17.7. The van der Waals surface area contributed by atoms with Crippen LogP contribution in [0.3, 0.4) is 0 Å². The number of amides is 2. The van der Waals surface area contributed by atoms with Crippen molar-refractivity contribution >= 4 is 33.8 Å². The molecule has 0 saturated heterocycles. The molecular weight excluding hydrogens is 372 g/mol. The molecule has 0 unspecified atom stereocenters. The monoisotopic (exact) mass is 388 g/mol. The van der Waals surface area contributed by atoms with Gasteiger partial charge >= 0.3 is 0 Å². The largest absolute Gasteiger partial charge is 0.496 e. The summed E-state index contributed by atoms with van der Waals surface area (Å²) in [5.41, 5.74) is 6.35. The summed E-state index contributed by atoms with van der Waals surface area (Å²) < 4.78 is 6.10. The molecule has 2 aromatic rings. The lowest BCUT2D eigenvalue weighted by Gasteiger charge is -2.06. The highest BCUT2D eigenvalue weighted by atomic mass is 79.9. The Labute approximate surface area is 148 Å². The van der Waals surface area contributed by atoms with E-state index >= 15 is 0 Å². The summed E-state index contributed by atoms with van der Waals surface area (Å²) in [6, 6.07) is 14.8. The molecular formula is C18H17BrN2O3. The van der Waals surface area contributed by atoms with Gasteiger partial charge in [-0.3, -0.25) is 20.4 Å². The Bertz CT molecular complexity index is 745. The average molecular weight is 389 g/mol. The molecule has 0 heterocycles. The maximum absolute atomic E-state index is 11.8. The second-order valence-corrected chi connectivity index (χ2v) is 5.84. The number of carbonyl (C=O) groups is 2. The Morgan fingerprint density at radius 3 is 2.58 bits per heavy atom. The Morgan fingerprint density at radius 1 is 1.12 bits per heavy atom. The molecule has 0 aromatic heterocycles. The van der Waals surface area contributed by atoms with Gasteiger partial charge < -0.3 is 4.74 Å². The second-order valence-electron chi connectivity index (χ2n) is 4.92. The van der Waals surface area contributed by atoms with Gasteiger partial charge in [-0.05, 0) is 29.8 Å². The second kappa shape index (κ2) is 8.88. The molecule has 0 aliphatic carbocycles. The molecule has 5 nitrogen and oxygen atoms in total. The number of carbonyl (C=O) groups excluding carboxylic acids is 2. The quantitative estimate of drug-likeness (QED) is 0.611. The number of nitrogens with one attached hydrogen (secondary N) is 2. The molecule has 0 aliphatic rings. The molecule has 0 saturated carbocycles. The molecule has 0 atom stereocenters. The minimum absolute atomic E-state index is 0.199. The van der Waals surface area contributed by atoms with E-state index in [1.54, 1.807) is 19.3 Å². The van der Waals surface area contributed by atoms with Crippen molar-refractivity contribution in [2.45, 2.75) is 6.42 Å². The zero-order valence-electron chi connectivity index (χ0n) is 13.1. The fourth-order valence-corrected chi connectivity index (χ4v) is 2.38. The molecule has 2 N–H and O–H groups in total. The first-order valence-electron chi connectivity index (χ1n) is 7.23. The minimum Gasteiger partial charge on any atom is -0.496 e. The Hall–Kier alpha value is -2.60. The highest BCUT2D eigenvalue weighted by Crippen LogP contribution is 2.23. The summed E-state index contributed by atoms with van der Waals surface area (Å²) in [6.45, 7) is 0. The molecule has 0 spiro atoms. The molecule has 0 fully saturated rings. The fourth-order valence-electron chi connectivity index (χ4n) is 2.00. The summed E-state index contributed by atoms with van der Waals surface area (Å²) >= 11 is 3.37.